The van der Waals surface area contributed by atoms with Crippen molar-refractivity contribution in [3.8, 4) is 5.75 Å². The van der Waals surface area contributed by atoms with E-state index in [0.29, 0.717) is 29.0 Å². The SMILES string of the molecule is O=C(O)CCSSCCNC(=O)c1ccc2cccc(O)c2c1. The van der Waals surface area contributed by atoms with Crippen molar-refractivity contribution in [2.24, 2.45) is 0 Å². The molecule has 1 amide bonds. The summed E-state index contributed by atoms with van der Waals surface area (Å²) in [5, 5.41) is 22.7. The third-order valence-corrected chi connectivity index (χ3v) is 5.48. The van der Waals surface area contributed by atoms with Crippen LogP contribution in [0.4, 0.5) is 0 Å². The van der Waals surface area contributed by atoms with Crippen LogP contribution in [-0.2, 0) is 4.79 Å². The molecule has 5 nitrogen and oxygen atoms in total. The first kappa shape index (κ1) is 17.5. The Kier molecular flexibility index (Phi) is 6.61. The van der Waals surface area contributed by atoms with Crippen LogP contribution in [0.2, 0.25) is 0 Å². The summed E-state index contributed by atoms with van der Waals surface area (Å²) in [5.41, 5.74) is 0.502. The first-order valence-electron chi connectivity index (χ1n) is 7.04. The van der Waals surface area contributed by atoms with Gasteiger partial charge in [0.1, 0.15) is 5.75 Å². The van der Waals surface area contributed by atoms with Gasteiger partial charge in [-0.05, 0) is 23.6 Å². The van der Waals surface area contributed by atoms with E-state index in [4.69, 9.17) is 5.11 Å². The highest BCUT2D eigenvalue weighted by molar-refractivity contribution is 8.76. The minimum absolute atomic E-state index is 0.143. The molecular formula is C16H17NO4S2. The van der Waals surface area contributed by atoms with E-state index in [2.05, 4.69) is 5.32 Å². The van der Waals surface area contributed by atoms with Crippen LogP contribution in [0.5, 0.6) is 5.75 Å². The summed E-state index contributed by atoms with van der Waals surface area (Å²) < 4.78 is 0. The highest BCUT2D eigenvalue weighted by Crippen LogP contribution is 2.25. The van der Waals surface area contributed by atoms with Crippen LogP contribution in [0, 0.1) is 0 Å². The smallest absolute Gasteiger partial charge is 0.304 e. The van der Waals surface area contributed by atoms with Crippen LogP contribution in [0.3, 0.4) is 0 Å². The van der Waals surface area contributed by atoms with Gasteiger partial charge in [0.05, 0.1) is 6.42 Å². The van der Waals surface area contributed by atoms with Crippen LogP contribution < -0.4 is 5.32 Å². The Labute approximate surface area is 141 Å². The van der Waals surface area contributed by atoms with E-state index in [-0.39, 0.29) is 18.1 Å². The number of carboxylic acid groups (broad SMARTS) is 1. The lowest BCUT2D eigenvalue weighted by Gasteiger charge is -2.07. The molecule has 0 radical (unpaired) electrons. The van der Waals surface area contributed by atoms with Gasteiger partial charge < -0.3 is 15.5 Å². The molecule has 0 spiro atoms. The monoisotopic (exact) mass is 351 g/mol. The number of hydrogen-bond donors (Lipinski definition) is 3. The van der Waals surface area contributed by atoms with E-state index in [9.17, 15) is 14.7 Å². The highest BCUT2D eigenvalue weighted by atomic mass is 33.1. The lowest BCUT2D eigenvalue weighted by atomic mass is 10.1. The second kappa shape index (κ2) is 8.69. The Bertz CT molecular complexity index is 706. The van der Waals surface area contributed by atoms with Crippen molar-refractivity contribution in [2.45, 2.75) is 6.42 Å². The Morgan fingerprint density at radius 1 is 1.09 bits per heavy atom. The molecule has 2 rings (SSSR count). The van der Waals surface area contributed by atoms with Crippen molar-refractivity contribution in [3.05, 3.63) is 42.0 Å². The van der Waals surface area contributed by atoms with Gasteiger partial charge >= 0.3 is 5.97 Å². The van der Waals surface area contributed by atoms with Crippen molar-refractivity contribution in [2.75, 3.05) is 18.1 Å². The predicted octanol–water partition coefficient (Wildman–Crippen LogP) is 3.13. The molecule has 0 fully saturated rings. The van der Waals surface area contributed by atoms with Crippen molar-refractivity contribution < 1.29 is 19.8 Å². The van der Waals surface area contributed by atoms with Gasteiger partial charge in [0.25, 0.3) is 5.91 Å². The van der Waals surface area contributed by atoms with Crippen molar-refractivity contribution in [1.82, 2.24) is 5.32 Å². The molecule has 0 aliphatic carbocycles. The van der Waals surface area contributed by atoms with Crippen molar-refractivity contribution in [3.63, 3.8) is 0 Å². The molecule has 122 valence electrons. The number of carbonyl (C=O) groups excluding carboxylic acids is 1. The average molecular weight is 351 g/mol. The molecule has 0 saturated carbocycles. The molecular weight excluding hydrogens is 334 g/mol. The summed E-state index contributed by atoms with van der Waals surface area (Å²) in [5.74, 6) is 0.423. The molecule has 0 heterocycles. The maximum Gasteiger partial charge on any atom is 0.304 e. The molecule has 0 aliphatic heterocycles. The number of nitrogens with one attached hydrogen (secondary N) is 1. The largest absolute Gasteiger partial charge is 0.507 e. The Morgan fingerprint density at radius 2 is 1.87 bits per heavy atom. The summed E-state index contributed by atoms with van der Waals surface area (Å²) in [6.07, 6.45) is 0.143. The molecule has 3 N–H and O–H groups in total. The number of rotatable bonds is 8. The van der Waals surface area contributed by atoms with E-state index in [1.807, 2.05) is 6.07 Å². The molecule has 0 aliphatic rings. The molecule has 0 atom stereocenters. The van der Waals surface area contributed by atoms with Crippen molar-refractivity contribution in [1.29, 1.82) is 0 Å². The quantitative estimate of drug-likeness (QED) is 0.500. The van der Waals surface area contributed by atoms with Gasteiger partial charge in [0.2, 0.25) is 0 Å². The third kappa shape index (κ3) is 5.37. The number of phenolic OH excluding ortho intramolecular Hbond substituents is 1. The lowest BCUT2D eigenvalue weighted by Crippen LogP contribution is -2.25. The van der Waals surface area contributed by atoms with Gasteiger partial charge in [-0.25, -0.2) is 0 Å². The summed E-state index contributed by atoms with van der Waals surface area (Å²) >= 11 is 0. The van der Waals surface area contributed by atoms with E-state index in [1.165, 1.54) is 21.6 Å². The first-order chi connectivity index (χ1) is 11.1. The maximum absolute atomic E-state index is 12.1. The number of aliphatic carboxylic acids is 1. The van der Waals surface area contributed by atoms with Crippen LogP contribution in [0.15, 0.2) is 36.4 Å². The minimum Gasteiger partial charge on any atom is -0.507 e. The van der Waals surface area contributed by atoms with E-state index < -0.39 is 5.97 Å². The predicted molar refractivity (Wildman–Crippen MR) is 95.1 cm³/mol. The number of amides is 1. The number of carboxylic acids is 1. The molecule has 7 heteroatoms. The van der Waals surface area contributed by atoms with Gasteiger partial charge in [-0.2, -0.15) is 0 Å². The molecule has 0 aromatic heterocycles. The fourth-order valence-corrected chi connectivity index (χ4v) is 3.84. The number of fused-ring (bicyclic) bond motifs is 1. The van der Waals surface area contributed by atoms with Gasteiger partial charge in [0, 0.05) is 29.0 Å². The van der Waals surface area contributed by atoms with Crippen LogP contribution in [-0.4, -0.2) is 40.1 Å². The molecule has 2 aromatic carbocycles. The molecule has 0 bridgehead atoms. The Morgan fingerprint density at radius 3 is 2.65 bits per heavy atom. The van der Waals surface area contributed by atoms with Crippen LogP contribution in [0.25, 0.3) is 10.8 Å². The first-order valence-corrected chi connectivity index (χ1v) is 9.53. The number of aromatic hydroxyl groups is 1. The lowest BCUT2D eigenvalue weighted by molar-refractivity contribution is -0.136. The second-order valence-corrected chi connectivity index (χ2v) is 7.46. The third-order valence-electron chi connectivity index (χ3n) is 3.07. The zero-order chi connectivity index (χ0) is 16.7. The summed E-state index contributed by atoms with van der Waals surface area (Å²) in [4.78, 5) is 22.4. The molecule has 0 saturated heterocycles. The highest BCUT2D eigenvalue weighted by Gasteiger charge is 2.07. The van der Waals surface area contributed by atoms with Gasteiger partial charge in [-0.3, -0.25) is 9.59 Å². The van der Waals surface area contributed by atoms with Crippen LogP contribution >= 0.6 is 21.6 Å². The number of hydrogen-bond acceptors (Lipinski definition) is 5. The second-order valence-electron chi connectivity index (χ2n) is 4.76. The number of carbonyl (C=O) groups is 2. The molecule has 23 heavy (non-hydrogen) atoms. The van der Waals surface area contributed by atoms with Gasteiger partial charge in [-0.1, -0.05) is 39.8 Å². The fourth-order valence-electron chi connectivity index (χ4n) is 1.95. The summed E-state index contributed by atoms with van der Waals surface area (Å²) in [6, 6.07) is 10.4. The average Bonchev–Trinajstić information content (AvgIpc) is 2.53. The minimum atomic E-state index is -0.800. The van der Waals surface area contributed by atoms with Gasteiger partial charge in [-0.15, -0.1) is 0 Å². The maximum atomic E-state index is 12.1. The van der Waals surface area contributed by atoms with Crippen LogP contribution in [0.1, 0.15) is 16.8 Å². The van der Waals surface area contributed by atoms with Crippen molar-refractivity contribution >= 4 is 44.2 Å². The number of phenols is 1. The fraction of sp³-hybridized carbons (Fsp3) is 0.250. The topological polar surface area (TPSA) is 86.6 Å². The number of benzene rings is 2. The Balaban J connectivity index is 1.80. The van der Waals surface area contributed by atoms with E-state index in [0.717, 1.165) is 5.39 Å². The normalized spacial score (nSPS) is 10.6. The van der Waals surface area contributed by atoms with E-state index >= 15 is 0 Å². The van der Waals surface area contributed by atoms with Gasteiger partial charge in [0.15, 0.2) is 0 Å². The molecule has 0 unspecified atom stereocenters. The summed E-state index contributed by atoms with van der Waals surface area (Å²) in [6.45, 7) is 0.502. The Hall–Kier alpha value is -1.86. The standard InChI is InChI=1S/C16H17NO4S2/c18-14-3-1-2-11-4-5-12(10-13(11)14)16(21)17-7-9-23-22-8-6-15(19)20/h1-5,10,18H,6-9H2,(H,17,21)(H,19,20). The van der Waals surface area contributed by atoms with E-state index in [1.54, 1.807) is 30.3 Å². The summed E-state index contributed by atoms with van der Waals surface area (Å²) in [7, 11) is 3.02. The zero-order valence-electron chi connectivity index (χ0n) is 12.3. The molecule has 2 aromatic rings. The zero-order valence-corrected chi connectivity index (χ0v) is 14.0.